The number of nitrogens with zero attached hydrogens (tertiary/aromatic N) is 2. The fourth-order valence-corrected chi connectivity index (χ4v) is 2.54. The number of hydrogen-bond acceptors (Lipinski definition) is 3. The number of carbonyl (C=O) groups excluding carboxylic acids is 1. The summed E-state index contributed by atoms with van der Waals surface area (Å²) < 4.78 is 0. The second-order valence-electron chi connectivity index (χ2n) is 4.71. The molecular formula is C13H20N2OS. The van der Waals surface area contributed by atoms with Crippen LogP contribution in [0.15, 0.2) is 5.38 Å². The van der Waals surface area contributed by atoms with E-state index >= 15 is 0 Å². The molecule has 1 aromatic rings. The van der Waals surface area contributed by atoms with Crippen molar-refractivity contribution in [2.24, 2.45) is 0 Å². The van der Waals surface area contributed by atoms with Gasteiger partial charge in [0.25, 0.3) is 0 Å². The first-order valence-electron chi connectivity index (χ1n) is 6.41. The third kappa shape index (κ3) is 3.53. The maximum atomic E-state index is 12.1. The fraction of sp³-hybridized carbons (Fsp3) is 0.692. The average molecular weight is 252 g/mol. The SMILES string of the molecule is CCCCC(=O)N(Cc1csc(C)n1)C1CC1. The molecule has 0 aliphatic heterocycles. The molecule has 0 unspecified atom stereocenters. The van der Waals surface area contributed by atoms with Crippen molar-refractivity contribution in [1.29, 1.82) is 0 Å². The summed E-state index contributed by atoms with van der Waals surface area (Å²) in [6, 6.07) is 0.487. The van der Waals surface area contributed by atoms with Crippen molar-refractivity contribution in [3.05, 3.63) is 16.1 Å². The van der Waals surface area contributed by atoms with Crippen LogP contribution in [0.4, 0.5) is 0 Å². The van der Waals surface area contributed by atoms with Crippen molar-refractivity contribution in [1.82, 2.24) is 9.88 Å². The van der Waals surface area contributed by atoms with Crippen LogP contribution in [0, 0.1) is 6.92 Å². The molecule has 1 heterocycles. The Balaban J connectivity index is 1.95. The molecule has 1 amide bonds. The molecule has 1 aromatic heterocycles. The molecule has 0 atom stereocenters. The predicted octanol–water partition coefficient (Wildman–Crippen LogP) is 3.13. The molecule has 1 saturated carbocycles. The van der Waals surface area contributed by atoms with Crippen LogP contribution >= 0.6 is 11.3 Å². The molecule has 0 bridgehead atoms. The highest BCUT2D eigenvalue weighted by Crippen LogP contribution is 2.29. The van der Waals surface area contributed by atoms with Crippen LogP contribution in [0.1, 0.15) is 49.7 Å². The normalized spacial score (nSPS) is 14.9. The average Bonchev–Trinajstić information content (AvgIpc) is 3.07. The summed E-state index contributed by atoms with van der Waals surface area (Å²) in [6.45, 7) is 4.84. The first-order chi connectivity index (χ1) is 8.20. The molecule has 94 valence electrons. The Hall–Kier alpha value is -0.900. The number of amides is 1. The maximum absolute atomic E-state index is 12.1. The van der Waals surface area contributed by atoms with Gasteiger partial charge in [-0.3, -0.25) is 4.79 Å². The third-order valence-electron chi connectivity index (χ3n) is 3.05. The molecule has 4 heteroatoms. The van der Waals surface area contributed by atoms with Gasteiger partial charge in [0, 0.05) is 17.8 Å². The third-order valence-corrected chi connectivity index (χ3v) is 3.87. The topological polar surface area (TPSA) is 33.2 Å². The van der Waals surface area contributed by atoms with Crippen molar-refractivity contribution in [2.75, 3.05) is 0 Å². The molecule has 3 nitrogen and oxygen atoms in total. The van der Waals surface area contributed by atoms with Gasteiger partial charge in [-0.15, -0.1) is 11.3 Å². The van der Waals surface area contributed by atoms with Crippen LogP contribution in [0.25, 0.3) is 0 Å². The standard InChI is InChI=1S/C13H20N2OS/c1-3-4-5-13(16)15(12-6-7-12)8-11-9-17-10(2)14-11/h9,12H,3-8H2,1-2H3. The summed E-state index contributed by atoms with van der Waals surface area (Å²) in [4.78, 5) is 18.6. The second kappa shape index (κ2) is 5.63. The molecule has 0 aromatic carbocycles. The molecule has 1 fully saturated rings. The lowest BCUT2D eigenvalue weighted by atomic mass is 10.2. The van der Waals surface area contributed by atoms with E-state index in [1.807, 2.05) is 11.8 Å². The Kier molecular flexibility index (Phi) is 4.15. The molecule has 0 radical (unpaired) electrons. The minimum Gasteiger partial charge on any atom is -0.334 e. The van der Waals surface area contributed by atoms with E-state index in [2.05, 4.69) is 17.3 Å². The summed E-state index contributed by atoms with van der Waals surface area (Å²) in [6.07, 6.45) is 5.11. The summed E-state index contributed by atoms with van der Waals surface area (Å²) in [5.41, 5.74) is 1.05. The van der Waals surface area contributed by atoms with Gasteiger partial charge in [0.15, 0.2) is 0 Å². The van der Waals surface area contributed by atoms with Crippen molar-refractivity contribution in [3.8, 4) is 0 Å². The Bertz CT molecular complexity index is 385. The van der Waals surface area contributed by atoms with Gasteiger partial charge in [-0.25, -0.2) is 4.98 Å². The summed E-state index contributed by atoms with van der Waals surface area (Å²) in [7, 11) is 0. The van der Waals surface area contributed by atoms with E-state index in [0.717, 1.165) is 23.5 Å². The van der Waals surface area contributed by atoms with Crippen molar-refractivity contribution in [2.45, 2.75) is 58.5 Å². The van der Waals surface area contributed by atoms with Crippen LogP contribution in [-0.2, 0) is 11.3 Å². The maximum Gasteiger partial charge on any atom is 0.223 e. The summed E-state index contributed by atoms with van der Waals surface area (Å²) in [5.74, 6) is 0.306. The lowest BCUT2D eigenvalue weighted by Crippen LogP contribution is -2.32. The smallest absolute Gasteiger partial charge is 0.223 e. The quantitative estimate of drug-likeness (QED) is 0.779. The van der Waals surface area contributed by atoms with E-state index in [-0.39, 0.29) is 0 Å². The first-order valence-corrected chi connectivity index (χ1v) is 7.29. The molecule has 17 heavy (non-hydrogen) atoms. The van der Waals surface area contributed by atoms with Crippen LogP contribution < -0.4 is 0 Å². The van der Waals surface area contributed by atoms with Crippen LogP contribution in [0.5, 0.6) is 0 Å². The van der Waals surface area contributed by atoms with E-state index in [4.69, 9.17) is 0 Å². The van der Waals surface area contributed by atoms with Gasteiger partial charge in [-0.1, -0.05) is 13.3 Å². The zero-order valence-corrected chi connectivity index (χ0v) is 11.4. The van der Waals surface area contributed by atoms with Crippen molar-refractivity contribution in [3.63, 3.8) is 0 Å². The highest BCUT2D eigenvalue weighted by atomic mass is 32.1. The Morgan fingerprint density at radius 3 is 2.88 bits per heavy atom. The number of hydrogen-bond donors (Lipinski definition) is 0. The number of rotatable bonds is 6. The lowest BCUT2D eigenvalue weighted by molar-refractivity contribution is -0.132. The van der Waals surface area contributed by atoms with E-state index in [9.17, 15) is 4.79 Å². The number of aromatic nitrogens is 1. The van der Waals surface area contributed by atoms with E-state index < -0.39 is 0 Å². The van der Waals surface area contributed by atoms with Gasteiger partial charge >= 0.3 is 0 Å². The van der Waals surface area contributed by atoms with Gasteiger partial charge in [-0.05, 0) is 26.2 Å². The number of carbonyl (C=O) groups is 1. The number of unbranched alkanes of at least 4 members (excludes halogenated alkanes) is 1. The molecular weight excluding hydrogens is 232 g/mol. The Morgan fingerprint density at radius 2 is 2.35 bits per heavy atom. The highest BCUT2D eigenvalue weighted by Gasteiger charge is 2.32. The Labute approximate surface area is 107 Å². The lowest BCUT2D eigenvalue weighted by Gasteiger charge is -2.21. The van der Waals surface area contributed by atoms with E-state index in [0.29, 0.717) is 24.9 Å². The van der Waals surface area contributed by atoms with Crippen LogP contribution in [0.3, 0.4) is 0 Å². The zero-order valence-electron chi connectivity index (χ0n) is 10.6. The zero-order chi connectivity index (χ0) is 12.3. The minimum atomic E-state index is 0.306. The van der Waals surface area contributed by atoms with Crippen LogP contribution in [0.2, 0.25) is 0 Å². The van der Waals surface area contributed by atoms with Gasteiger partial charge in [0.05, 0.1) is 17.2 Å². The molecule has 1 aliphatic rings. The van der Waals surface area contributed by atoms with E-state index in [1.165, 1.54) is 12.8 Å². The van der Waals surface area contributed by atoms with Gasteiger partial charge in [0.2, 0.25) is 5.91 Å². The molecule has 1 aliphatic carbocycles. The predicted molar refractivity (Wildman–Crippen MR) is 69.9 cm³/mol. The summed E-state index contributed by atoms with van der Waals surface area (Å²) in [5, 5.41) is 3.15. The summed E-state index contributed by atoms with van der Waals surface area (Å²) >= 11 is 1.66. The molecule has 0 N–H and O–H groups in total. The largest absolute Gasteiger partial charge is 0.334 e. The first kappa shape index (κ1) is 12.6. The van der Waals surface area contributed by atoms with Gasteiger partial charge in [-0.2, -0.15) is 0 Å². The number of aryl methyl sites for hydroxylation is 1. The number of thiazole rings is 1. The van der Waals surface area contributed by atoms with Crippen LogP contribution in [-0.4, -0.2) is 21.8 Å². The minimum absolute atomic E-state index is 0.306. The molecule has 2 rings (SSSR count). The Morgan fingerprint density at radius 1 is 1.59 bits per heavy atom. The van der Waals surface area contributed by atoms with Crippen molar-refractivity contribution >= 4 is 17.2 Å². The van der Waals surface area contributed by atoms with Crippen molar-refractivity contribution < 1.29 is 4.79 Å². The second-order valence-corrected chi connectivity index (χ2v) is 5.78. The fourth-order valence-electron chi connectivity index (χ4n) is 1.93. The molecule has 0 spiro atoms. The molecule has 0 saturated heterocycles. The highest BCUT2D eigenvalue weighted by molar-refractivity contribution is 7.09. The van der Waals surface area contributed by atoms with E-state index in [1.54, 1.807) is 11.3 Å². The monoisotopic (exact) mass is 252 g/mol. The van der Waals surface area contributed by atoms with Gasteiger partial charge in [0.1, 0.15) is 0 Å². The van der Waals surface area contributed by atoms with Gasteiger partial charge < -0.3 is 4.90 Å².